The van der Waals surface area contributed by atoms with E-state index in [2.05, 4.69) is 22.9 Å². The van der Waals surface area contributed by atoms with Crippen LogP contribution < -0.4 is 0 Å². The van der Waals surface area contributed by atoms with Crippen LogP contribution in [0, 0.1) is 22.7 Å². The molecule has 4 bridgehead atoms. The van der Waals surface area contributed by atoms with Crippen molar-refractivity contribution in [1.29, 1.82) is 0 Å². The van der Waals surface area contributed by atoms with Crippen molar-refractivity contribution < 1.29 is 4.79 Å². The number of nitrogens with zero attached hydrogens (tertiary/aromatic N) is 1. The van der Waals surface area contributed by atoms with Crippen molar-refractivity contribution in [2.24, 2.45) is 22.7 Å². The molecule has 0 heterocycles. The highest BCUT2D eigenvalue weighted by molar-refractivity contribution is 9.09. The summed E-state index contributed by atoms with van der Waals surface area (Å²) < 4.78 is 0. The van der Waals surface area contributed by atoms with Crippen molar-refractivity contribution in [2.75, 3.05) is 18.9 Å². The molecule has 4 rings (SSSR count). The Balaban J connectivity index is 1.84. The predicted octanol–water partition coefficient (Wildman–Crippen LogP) is 3.45. The van der Waals surface area contributed by atoms with Crippen LogP contribution in [0.3, 0.4) is 0 Å². The highest BCUT2D eigenvalue weighted by atomic mass is 79.9. The van der Waals surface area contributed by atoms with Crippen molar-refractivity contribution in [3.05, 3.63) is 0 Å². The lowest BCUT2D eigenvalue weighted by molar-refractivity contribution is -0.164. The molecule has 0 aromatic rings. The normalized spacial score (nSPS) is 45.3. The van der Waals surface area contributed by atoms with Crippen molar-refractivity contribution in [2.45, 2.75) is 45.4 Å². The number of carbonyl (C=O) groups is 1. The molecule has 0 saturated heterocycles. The summed E-state index contributed by atoms with van der Waals surface area (Å²) in [6, 6.07) is 0. The smallest absolute Gasteiger partial charge is 0.228 e. The molecule has 4 saturated carbocycles. The molecule has 4 aliphatic rings. The van der Waals surface area contributed by atoms with Crippen molar-refractivity contribution >= 4 is 21.8 Å². The van der Waals surface area contributed by atoms with Crippen LogP contribution in [0.4, 0.5) is 0 Å². The van der Waals surface area contributed by atoms with Crippen molar-refractivity contribution in [1.82, 2.24) is 4.90 Å². The van der Waals surface area contributed by atoms with Gasteiger partial charge in [-0.05, 0) is 55.8 Å². The number of alkyl halides is 1. The van der Waals surface area contributed by atoms with E-state index >= 15 is 0 Å². The summed E-state index contributed by atoms with van der Waals surface area (Å²) in [5.74, 6) is 2.09. The van der Waals surface area contributed by atoms with Crippen LogP contribution in [-0.4, -0.2) is 29.7 Å². The van der Waals surface area contributed by atoms with Gasteiger partial charge in [-0.2, -0.15) is 0 Å². The third-order valence-electron chi connectivity index (χ3n) is 5.57. The molecular formula is C15H24BrNO. The average molecular weight is 314 g/mol. The summed E-state index contributed by atoms with van der Waals surface area (Å²) in [5.41, 5.74) is 0.477. The molecule has 0 N–H and O–H groups in total. The lowest BCUT2D eigenvalue weighted by atomic mass is 9.44. The fraction of sp³-hybridized carbons (Fsp3) is 0.933. The summed E-state index contributed by atoms with van der Waals surface area (Å²) in [4.78, 5) is 14.8. The summed E-state index contributed by atoms with van der Waals surface area (Å²) in [7, 11) is 1.98. The molecule has 2 nitrogen and oxygen atoms in total. The molecule has 4 fully saturated rings. The summed E-state index contributed by atoms with van der Waals surface area (Å²) >= 11 is 3.45. The summed E-state index contributed by atoms with van der Waals surface area (Å²) in [6.45, 7) is 3.27. The molecule has 2 atom stereocenters. The zero-order chi connectivity index (χ0) is 13.0. The first-order valence-electron chi connectivity index (χ1n) is 7.28. The molecule has 0 aliphatic heterocycles. The Bertz CT molecular complexity index is 354. The van der Waals surface area contributed by atoms with Crippen molar-refractivity contribution in [3.8, 4) is 0 Å². The van der Waals surface area contributed by atoms with E-state index in [0.717, 1.165) is 30.1 Å². The highest BCUT2D eigenvalue weighted by Crippen LogP contribution is 2.65. The number of halogens is 1. The Morgan fingerprint density at radius 3 is 2.39 bits per heavy atom. The minimum Gasteiger partial charge on any atom is -0.344 e. The minimum atomic E-state index is 0.00968. The van der Waals surface area contributed by atoms with E-state index in [1.165, 1.54) is 32.1 Å². The maximum Gasteiger partial charge on any atom is 0.228 e. The third kappa shape index (κ3) is 1.93. The number of hydrogen-bond donors (Lipinski definition) is 0. The zero-order valence-electron chi connectivity index (χ0n) is 11.5. The van der Waals surface area contributed by atoms with Gasteiger partial charge < -0.3 is 4.90 Å². The van der Waals surface area contributed by atoms with Crippen LogP contribution in [0.1, 0.15) is 45.4 Å². The SMILES string of the molecule is CN(CCBr)C(=O)C12CC3CC(CC(C)(C3)C1)C2. The fourth-order valence-electron chi connectivity index (χ4n) is 5.60. The van der Waals surface area contributed by atoms with Gasteiger partial charge >= 0.3 is 0 Å². The average Bonchev–Trinajstić information content (AvgIpc) is 2.24. The molecule has 2 unspecified atom stereocenters. The van der Waals surface area contributed by atoms with Crippen LogP contribution in [0.5, 0.6) is 0 Å². The Hall–Kier alpha value is -0.0500. The Kier molecular flexibility index (Phi) is 3.04. The fourth-order valence-corrected chi connectivity index (χ4v) is 6.14. The van der Waals surface area contributed by atoms with Crippen LogP contribution in [-0.2, 0) is 4.79 Å². The number of hydrogen-bond acceptors (Lipinski definition) is 1. The molecule has 1 amide bonds. The van der Waals surface area contributed by atoms with Gasteiger partial charge in [0.05, 0.1) is 5.41 Å². The topological polar surface area (TPSA) is 20.3 Å². The van der Waals surface area contributed by atoms with E-state index < -0.39 is 0 Å². The van der Waals surface area contributed by atoms with Gasteiger partial charge in [-0.15, -0.1) is 0 Å². The van der Waals surface area contributed by atoms with Gasteiger partial charge in [0.25, 0.3) is 0 Å². The second-order valence-corrected chi connectivity index (χ2v) is 8.26. The maximum atomic E-state index is 12.8. The second kappa shape index (κ2) is 4.22. The van der Waals surface area contributed by atoms with Gasteiger partial charge in [0.2, 0.25) is 5.91 Å². The minimum absolute atomic E-state index is 0.00968. The molecule has 0 spiro atoms. The number of carbonyl (C=O) groups excluding carboxylic acids is 1. The van der Waals surface area contributed by atoms with E-state index in [-0.39, 0.29) is 5.41 Å². The Labute approximate surface area is 119 Å². The van der Waals surface area contributed by atoms with Gasteiger partial charge in [-0.3, -0.25) is 4.79 Å². The monoisotopic (exact) mass is 313 g/mol. The lowest BCUT2D eigenvalue weighted by Gasteiger charge is -2.61. The lowest BCUT2D eigenvalue weighted by Crippen LogP contribution is -2.57. The molecule has 4 aliphatic carbocycles. The molecule has 18 heavy (non-hydrogen) atoms. The van der Waals surface area contributed by atoms with Gasteiger partial charge in [-0.25, -0.2) is 0 Å². The highest BCUT2D eigenvalue weighted by Gasteiger charge is 2.59. The van der Waals surface area contributed by atoms with Crippen LogP contribution in [0.15, 0.2) is 0 Å². The predicted molar refractivity (Wildman–Crippen MR) is 76.7 cm³/mol. The van der Waals surface area contributed by atoms with Gasteiger partial charge in [-0.1, -0.05) is 22.9 Å². The largest absolute Gasteiger partial charge is 0.344 e. The zero-order valence-corrected chi connectivity index (χ0v) is 13.1. The summed E-state index contributed by atoms with van der Waals surface area (Å²) in [6.07, 6.45) is 7.64. The first kappa shape index (κ1) is 13.0. The van der Waals surface area contributed by atoms with Crippen LogP contribution in [0.2, 0.25) is 0 Å². The van der Waals surface area contributed by atoms with E-state index in [9.17, 15) is 4.79 Å². The number of amides is 1. The molecule has 102 valence electrons. The Morgan fingerprint density at radius 2 is 1.89 bits per heavy atom. The molecular weight excluding hydrogens is 290 g/mol. The molecule has 0 aromatic carbocycles. The maximum absolute atomic E-state index is 12.8. The van der Waals surface area contributed by atoms with E-state index in [0.29, 0.717) is 11.3 Å². The first-order valence-corrected chi connectivity index (χ1v) is 8.40. The summed E-state index contributed by atoms with van der Waals surface area (Å²) in [5, 5.41) is 0.884. The standard InChI is InChI=1S/C15H24BrNO/c1-14-6-11-5-12(7-14)9-15(8-11,10-14)13(18)17(2)4-3-16/h11-12H,3-10H2,1-2H3. The van der Waals surface area contributed by atoms with E-state index in [1.54, 1.807) is 0 Å². The molecule has 0 aromatic heterocycles. The van der Waals surface area contributed by atoms with Crippen LogP contribution >= 0.6 is 15.9 Å². The van der Waals surface area contributed by atoms with Gasteiger partial charge in [0.15, 0.2) is 0 Å². The van der Waals surface area contributed by atoms with Gasteiger partial charge in [0.1, 0.15) is 0 Å². The van der Waals surface area contributed by atoms with Gasteiger partial charge in [0, 0.05) is 18.9 Å². The first-order chi connectivity index (χ1) is 8.46. The van der Waals surface area contributed by atoms with Crippen molar-refractivity contribution in [3.63, 3.8) is 0 Å². The molecule has 0 radical (unpaired) electrons. The Morgan fingerprint density at radius 1 is 1.28 bits per heavy atom. The molecule has 3 heteroatoms. The third-order valence-corrected chi connectivity index (χ3v) is 5.93. The van der Waals surface area contributed by atoms with E-state index in [4.69, 9.17) is 0 Å². The second-order valence-electron chi connectivity index (χ2n) is 7.47. The quantitative estimate of drug-likeness (QED) is 0.731. The van der Waals surface area contributed by atoms with Crippen LogP contribution in [0.25, 0.3) is 0 Å². The number of rotatable bonds is 3. The van der Waals surface area contributed by atoms with E-state index in [1.807, 2.05) is 11.9 Å².